The number of benzene rings is 2. The van der Waals surface area contributed by atoms with Crippen LogP contribution in [-0.4, -0.2) is 26.2 Å². The molecule has 0 aliphatic rings. The number of amides is 1. The number of nitrogens with one attached hydrogen (secondary N) is 2. The highest BCUT2D eigenvalue weighted by Gasteiger charge is 2.03. The van der Waals surface area contributed by atoms with Crippen LogP contribution in [0.3, 0.4) is 0 Å². The molecular formula is C21H28N2O2. The molecule has 2 rings (SSSR count). The smallest absolute Gasteiger partial charge is 0.224 e. The predicted octanol–water partition coefficient (Wildman–Crippen LogP) is 3.73. The molecule has 0 aromatic heterocycles. The van der Waals surface area contributed by atoms with E-state index in [1.54, 1.807) is 7.11 Å². The van der Waals surface area contributed by atoms with Crippen molar-refractivity contribution in [3.63, 3.8) is 0 Å². The van der Waals surface area contributed by atoms with Gasteiger partial charge in [-0.3, -0.25) is 4.79 Å². The summed E-state index contributed by atoms with van der Waals surface area (Å²) in [6.45, 7) is 6.27. The highest BCUT2D eigenvalue weighted by molar-refractivity contribution is 5.78. The molecule has 4 nitrogen and oxygen atoms in total. The summed E-state index contributed by atoms with van der Waals surface area (Å²) >= 11 is 0. The Morgan fingerprint density at radius 2 is 1.64 bits per heavy atom. The van der Waals surface area contributed by atoms with Crippen molar-refractivity contribution in [3.8, 4) is 0 Å². The number of ether oxygens (including phenoxy) is 1. The Balaban J connectivity index is 1.80. The summed E-state index contributed by atoms with van der Waals surface area (Å²) in [5.41, 5.74) is 4.67. The Hall–Kier alpha value is -2.33. The van der Waals surface area contributed by atoms with E-state index in [-0.39, 0.29) is 5.91 Å². The number of rotatable bonds is 9. The van der Waals surface area contributed by atoms with E-state index < -0.39 is 0 Å². The summed E-state index contributed by atoms with van der Waals surface area (Å²) in [5, 5.41) is 6.24. The van der Waals surface area contributed by atoms with Crippen LogP contribution in [0.2, 0.25) is 0 Å². The van der Waals surface area contributed by atoms with Gasteiger partial charge in [0.15, 0.2) is 0 Å². The van der Waals surface area contributed by atoms with Crippen LogP contribution in [0.5, 0.6) is 0 Å². The fraction of sp³-hybridized carbons (Fsp3) is 0.381. The molecule has 0 radical (unpaired) electrons. The SMILES string of the molecule is COCCNC(=O)Cc1ccc(NCc2ccc(C(C)C)cc2)cc1. The zero-order valence-corrected chi connectivity index (χ0v) is 15.3. The van der Waals surface area contributed by atoms with E-state index in [1.807, 2.05) is 24.3 Å². The lowest BCUT2D eigenvalue weighted by Gasteiger charge is -2.10. The van der Waals surface area contributed by atoms with Gasteiger partial charge in [-0.05, 0) is 34.7 Å². The topological polar surface area (TPSA) is 50.4 Å². The second kappa shape index (κ2) is 9.84. The zero-order chi connectivity index (χ0) is 18.1. The molecule has 0 unspecified atom stereocenters. The van der Waals surface area contributed by atoms with Crippen molar-refractivity contribution in [2.75, 3.05) is 25.6 Å². The van der Waals surface area contributed by atoms with Gasteiger partial charge in [-0.1, -0.05) is 50.2 Å². The van der Waals surface area contributed by atoms with Gasteiger partial charge >= 0.3 is 0 Å². The van der Waals surface area contributed by atoms with Crippen LogP contribution >= 0.6 is 0 Å². The lowest BCUT2D eigenvalue weighted by atomic mass is 10.0. The van der Waals surface area contributed by atoms with E-state index >= 15 is 0 Å². The van der Waals surface area contributed by atoms with Gasteiger partial charge in [-0.25, -0.2) is 0 Å². The van der Waals surface area contributed by atoms with Crippen LogP contribution < -0.4 is 10.6 Å². The molecule has 0 aliphatic heterocycles. The van der Waals surface area contributed by atoms with Crippen LogP contribution in [0.25, 0.3) is 0 Å². The molecule has 0 saturated heterocycles. The largest absolute Gasteiger partial charge is 0.383 e. The molecule has 0 heterocycles. The van der Waals surface area contributed by atoms with Gasteiger partial charge in [0.1, 0.15) is 0 Å². The van der Waals surface area contributed by atoms with Gasteiger partial charge in [0, 0.05) is 25.9 Å². The van der Waals surface area contributed by atoms with Crippen LogP contribution in [0.4, 0.5) is 5.69 Å². The van der Waals surface area contributed by atoms with Crippen molar-refractivity contribution >= 4 is 11.6 Å². The first-order valence-corrected chi connectivity index (χ1v) is 8.75. The van der Waals surface area contributed by atoms with Crippen LogP contribution in [0, 0.1) is 0 Å². The van der Waals surface area contributed by atoms with Gasteiger partial charge in [0.25, 0.3) is 0 Å². The highest BCUT2D eigenvalue weighted by Crippen LogP contribution is 2.16. The van der Waals surface area contributed by atoms with E-state index in [4.69, 9.17) is 4.74 Å². The number of carbonyl (C=O) groups is 1. The Morgan fingerprint density at radius 1 is 1.00 bits per heavy atom. The minimum absolute atomic E-state index is 0.0167. The summed E-state index contributed by atoms with van der Waals surface area (Å²) in [7, 11) is 1.62. The zero-order valence-electron chi connectivity index (χ0n) is 15.3. The van der Waals surface area contributed by atoms with E-state index in [9.17, 15) is 4.79 Å². The number of carbonyl (C=O) groups excluding carboxylic acids is 1. The minimum Gasteiger partial charge on any atom is -0.383 e. The maximum Gasteiger partial charge on any atom is 0.224 e. The van der Waals surface area contributed by atoms with Crippen molar-refractivity contribution in [1.82, 2.24) is 5.32 Å². The molecule has 0 fully saturated rings. The monoisotopic (exact) mass is 340 g/mol. The van der Waals surface area contributed by atoms with Crippen LogP contribution in [0.1, 0.15) is 36.5 Å². The second-order valence-electron chi connectivity index (χ2n) is 6.47. The first kappa shape index (κ1) is 19.0. The predicted molar refractivity (Wildman–Crippen MR) is 103 cm³/mol. The Bertz CT molecular complexity index is 649. The van der Waals surface area contributed by atoms with Gasteiger partial charge in [0.05, 0.1) is 13.0 Å². The standard InChI is InChI=1S/C21H28N2O2/c1-16(2)19-8-4-18(5-9-19)15-23-20-10-6-17(7-11-20)14-21(24)22-12-13-25-3/h4-11,16,23H,12-15H2,1-3H3,(H,22,24). The van der Waals surface area contributed by atoms with Crippen LogP contribution in [0.15, 0.2) is 48.5 Å². The molecule has 1 amide bonds. The molecule has 134 valence electrons. The maximum atomic E-state index is 11.8. The molecule has 0 bridgehead atoms. The molecule has 25 heavy (non-hydrogen) atoms. The van der Waals surface area contributed by atoms with E-state index in [2.05, 4.69) is 48.7 Å². The number of hydrogen-bond donors (Lipinski definition) is 2. The van der Waals surface area contributed by atoms with E-state index in [1.165, 1.54) is 11.1 Å². The Labute approximate surface area is 150 Å². The van der Waals surface area contributed by atoms with Crippen molar-refractivity contribution in [3.05, 3.63) is 65.2 Å². The fourth-order valence-electron chi connectivity index (χ4n) is 2.51. The molecule has 2 aromatic carbocycles. The summed E-state index contributed by atoms with van der Waals surface area (Å²) in [6.07, 6.45) is 0.390. The van der Waals surface area contributed by atoms with Crippen molar-refractivity contribution < 1.29 is 9.53 Å². The van der Waals surface area contributed by atoms with Gasteiger partial charge in [-0.15, -0.1) is 0 Å². The molecule has 2 N–H and O–H groups in total. The van der Waals surface area contributed by atoms with Crippen molar-refractivity contribution in [2.45, 2.75) is 32.7 Å². The molecule has 4 heteroatoms. The molecule has 2 aromatic rings. The normalized spacial score (nSPS) is 10.7. The quantitative estimate of drug-likeness (QED) is 0.684. The summed E-state index contributed by atoms with van der Waals surface area (Å²) in [5.74, 6) is 0.573. The highest BCUT2D eigenvalue weighted by atomic mass is 16.5. The van der Waals surface area contributed by atoms with Gasteiger partial charge in [-0.2, -0.15) is 0 Å². The molecule has 0 aliphatic carbocycles. The molecule has 0 spiro atoms. The Morgan fingerprint density at radius 3 is 2.24 bits per heavy atom. The molecular weight excluding hydrogens is 312 g/mol. The van der Waals surface area contributed by atoms with Gasteiger partial charge < -0.3 is 15.4 Å². The van der Waals surface area contributed by atoms with E-state index in [0.717, 1.165) is 17.8 Å². The Kier molecular flexibility index (Phi) is 7.48. The third kappa shape index (κ3) is 6.59. The molecule has 0 saturated carbocycles. The average molecular weight is 340 g/mol. The lowest BCUT2D eigenvalue weighted by Crippen LogP contribution is -2.28. The average Bonchev–Trinajstić information content (AvgIpc) is 2.62. The maximum absolute atomic E-state index is 11.8. The summed E-state index contributed by atoms with van der Waals surface area (Å²) < 4.78 is 4.92. The van der Waals surface area contributed by atoms with Crippen molar-refractivity contribution in [2.24, 2.45) is 0 Å². The summed E-state index contributed by atoms with van der Waals surface area (Å²) in [4.78, 5) is 11.8. The minimum atomic E-state index is 0.0167. The summed E-state index contributed by atoms with van der Waals surface area (Å²) in [6, 6.07) is 16.7. The third-order valence-corrected chi connectivity index (χ3v) is 4.09. The van der Waals surface area contributed by atoms with Gasteiger partial charge in [0.2, 0.25) is 5.91 Å². The number of anilines is 1. The number of methoxy groups -OCH3 is 1. The first-order valence-electron chi connectivity index (χ1n) is 8.75. The second-order valence-corrected chi connectivity index (χ2v) is 6.47. The van der Waals surface area contributed by atoms with Crippen LogP contribution in [-0.2, 0) is 22.5 Å². The molecule has 0 atom stereocenters. The lowest BCUT2D eigenvalue weighted by molar-refractivity contribution is -0.120. The third-order valence-electron chi connectivity index (χ3n) is 4.09. The van der Waals surface area contributed by atoms with Crippen molar-refractivity contribution in [1.29, 1.82) is 0 Å². The van der Waals surface area contributed by atoms with E-state index in [0.29, 0.717) is 25.5 Å². The number of hydrogen-bond acceptors (Lipinski definition) is 3. The fourth-order valence-corrected chi connectivity index (χ4v) is 2.51. The first-order chi connectivity index (χ1) is 12.1.